The number of aryl methyl sites for hydroxylation is 1. The Morgan fingerprint density at radius 1 is 1.06 bits per heavy atom. The normalized spacial score (nSPS) is 11.0. The summed E-state index contributed by atoms with van der Waals surface area (Å²) in [7, 11) is 1.84. The van der Waals surface area contributed by atoms with Crippen LogP contribution in [0.2, 0.25) is 0 Å². The number of rotatable bonds is 9. The number of carbonyl (C=O) groups is 2. The zero-order valence-corrected chi connectivity index (χ0v) is 21.5. The molecule has 0 radical (unpaired) electrons. The van der Waals surface area contributed by atoms with Crippen molar-refractivity contribution in [1.82, 2.24) is 14.8 Å². The maximum absolute atomic E-state index is 12.5. The van der Waals surface area contributed by atoms with Gasteiger partial charge in [0.25, 0.3) is 0 Å². The summed E-state index contributed by atoms with van der Waals surface area (Å²) in [5.41, 5.74) is 1.98. The van der Waals surface area contributed by atoms with Gasteiger partial charge in [0.2, 0.25) is 5.91 Å². The number of nitrogens with zero attached hydrogens (tertiary/aromatic N) is 3. The molecule has 1 amide bonds. The van der Waals surface area contributed by atoms with Gasteiger partial charge in [0, 0.05) is 12.7 Å². The van der Waals surface area contributed by atoms with E-state index in [4.69, 9.17) is 9.47 Å². The summed E-state index contributed by atoms with van der Waals surface area (Å²) >= 11 is 1.27. The summed E-state index contributed by atoms with van der Waals surface area (Å²) in [5, 5.41) is 14.1. The van der Waals surface area contributed by atoms with E-state index in [9.17, 15) is 9.59 Å². The Bertz CT molecular complexity index is 1400. The fourth-order valence-electron chi connectivity index (χ4n) is 3.64. The summed E-state index contributed by atoms with van der Waals surface area (Å²) in [6.07, 6.45) is -0.217. The quantitative estimate of drug-likeness (QED) is 0.249. The van der Waals surface area contributed by atoms with Crippen LogP contribution < -0.4 is 10.1 Å². The summed E-state index contributed by atoms with van der Waals surface area (Å²) < 4.78 is 13.1. The average Bonchev–Trinajstić information content (AvgIpc) is 3.21. The van der Waals surface area contributed by atoms with E-state index in [2.05, 4.69) is 27.6 Å². The van der Waals surface area contributed by atoms with Crippen LogP contribution in [-0.4, -0.2) is 38.5 Å². The summed E-state index contributed by atoms with van der Waals surface area (Å²) in [5.74, 6) is 0.939. The van der Waals surface area contributed by atoms with Gasteiger partial charge >= 0.3 is 5.97 Å². The molecule has 186 valence electrons. The molecule has 8 nitrogen and oxygen atoms in total. The number of amides is 1. The number of carbonyl (C=O) groups excluding carboxylic acids is 2. The predicted molar refractivity (Wildman–Crippen MR) is 140 cm³/mol. The predicted octanol–water partition coefficient (Wildman–Crippen LogP) is 5.15. The number of aromatic nitrogens is 3. The lowest BCUT2D eigenvalue weighted by Crippen LogP contribution is -2.16. The van der Waals surface area contributed by atoms with Crippen molar-refractivity contribution in [1.29, 1.82) is 0 Å². The lowest BCUT2D eigenvalue weighted by molar-refractivity contribution is -0.113. The second kappa shape index (κ2) is 11.3. The number of hydrogen-bond acceptors (Lipinski definition) is 7. The van der Waals surface area contributed by atoms with E-state index >= 15 is 0 Å². The first-order valence-corrected chi connectivity index (χ1v) is 12.5. The molecule has 1 N–H and O–H groups in total. The van der Waals surface area contributed by atoms with Crippen molar-refractivity contribution in [2.24, 2.45) is 7.05 Å². The minimum atomic E-state index is -0.428. The Morgan fingerprint density at radius 2 is 1.86 bits per heavy atom. The lowest BCUT2D eigenvalue weighted by Gasteiger charge is -2.11. The van der Waals surface area contributed by atoms with Gasteiger partial charge in [-0.25, -0.2) is 4.79 Å². The molecule has 0 bridgehead atoms. The number of anilines is 1. The number of thioether (sulfide) groups is 1. The van der Waals surface area contributed by atoms with E-state index in [0.29, 0.717) is 22.2 Å². The number of ether oxygens (including phenoxy) is 2. The minimum Gasteiger partial charge on any atom is -0.485 e. The average molecular weight is 505 g/mol. The Labute approximate surface area is 214 Å². The first-order chi connectivity index (χ1) is 17.3. The van der Waals surface area contributed by atoms with Crippen LogP contribution in [0, 0.1) is 6.92 Å². The van der Waals surface area contributed by atoms with E-state index in [1.54, 1.807) is 38.1 Å². The molecule has 0 saturated carbocycles. The van der Waals surface area contributed by atoms with Crippen LogP contribution in [0.1, 0.15) is 35.6 Å². The Morgan fingerprint density at radius 3 is 2.67 bits per heavy atom. The molecule has 0 aliphatic heterocycles. The second-order valence-corrected chi connectivity index (χ2v) is 9.47. The molecule has 0 spiro atoms. The van der Waals surface area contributed by atoms with Gasteiger partial charge in [-0.2, -0.15) is 0 Å². The van der Waals surface area contributed by atoms with E-state index in [-0.39, 0.29) is 24.4 Å². The van der Waals surface area contributed by atoms with Crippen molar-refractivity contribution in [3.63, 3.8) is 0 Å². The number of esters is 1. The van der Waals surface area contributed by atoms with E-state index in [1.807, 2.05) is 42.8 Å². The zero-order valence-electron chi connectivity index (χ0n) is 20.6. The first kappa shape index (κ1) is 25.2. The number of nitrogens with one attached hydrogen (secondary N) is 1. The van der Waals surface area contributed by atoms with Crippen molar-refractivity contribution >= 4 is 40.1 Å². The molecule has 9 heteroatoms. The molecule has 36 heavy (non-hydrogen) atoms. The molecule has 0 atom stereocenters. The Kier molecular flexibility index (Phi) is 7.90. The van der Waals surface area contributed by atoms with Crippen LogP contribution in [0.5, 0.6) is 5.75 Å². The standard InChI is InChI=1S/C27H28N4O4S/c1-17(2)35-26(33)20-9-7-10-21(14-20)28-25(32)16-36-27-30-29-24(31(27)4)15-34-23-13-12-19-8-5-6-11-22(19)18(23)3/h5-14,17H,15-16H2,1-4H3,(H,28,32). The zero-order chi connectivity index (χ0) is 25.7. The molecule has 4 aromatic rings. The molecule has 4 rings (SSSR count). The molecular formula is C27H28N4O4S. The van der Waals surface area contributed by atoms with Gasteiger partial charge < -0.3 is 19.4 Å². The summed E-state index contributed by atoms with van der Waals surface area (Å²) in [6.45, 7) is 5.87. The molecule has 1 aromatic heterocycles. The van der Waals surface area contributed by atoms with Gasteiger partial charge in [0.1, 0.15) is 12.4 Å². The smallest absolute Gasteiger partial charge is 0.338 e. The molecule has 0 fully saturated rings. The maximum Gasteiger partial charge on any atom is 0.338 e. The molecule has 3 aromatic carbocycles. The van der Waals surface area contributed by atoms with Crippen LogP contribution >= 0.6 is 11.8 Å². The number of fused-ring (bicyclic) bond motifs is 1. The van der Waals surface area contributed by atoms with Crippen LogP contribution in [-0.2, 0) is 23.2 Å². The molecule has 0 aliphatic carbocycles. The third kappa shape index (κ3) is 6.04. The topological polar surface area (TPSA) is 95.3 Å². The number of benzene rings is 3. The second-order valence-electron chi connectivity index (χ2n) is 8.53. The third-order valence-corrected chi connectivity index (χ3v) is 6.51. The van der Waals surface area contributed by atoms with Crippen LogP contribution in [0.4, 0.5) is 5.69 Å². The highest BCUT2D eigenvalue weighted by Crippen LogP contribution is 2.28. The molecular weight excluding hydrogens is 476 g/mol. The first-order valence-electron chi connectivity index (χ1n) is 11.5. The fourth-order valence-corrected chi connectivity index (χ4v) is 4.37. The van der Waals surface area contributed by atoms with Crippen molar-refractivity contribution in [3.05, 3.63) is 77.6 Å². The third-order valence-electron chi connectivity index (χ3n) is 5.49. The Hall–Kier alpha value is -3.85. The highest BCUT2D eigenvalue weighted by atomic mass is 32.2. The highest BCUT2D eigenvalue weighted by Gasteiger charge is 2.14. The summed E-state index contributed by atoms with van der Waals surface area (Å²) in [6, 6.07) is 18.9. The SMILES string of the molecule is Cc1c(OCc2nnc(SCC(=O)Nc3cccc(C(=O)OC(C)C)c3)n2C)ccc2ccccc12. The van der Waals surface area contributed by atoms with Gasteiger partial charge in [-0.15, -0.1) is 10.2 Å². The van der Waals surface area contributed by atoms with Crippen LogP contribution in [0.15, 0.2) is 65.8 Å². The van der Waals surface area contributed by atoms with Crippen LogP contribution in [0.3, 0.4) is 0 Å². The molecule has 0 saturated heterocycles. The Balaban J connectivity index is 1.33. The van der Waals surface area contributed by atoms with Gasteiger partial charge in [-0.05, 0) is 61.4 Å². The minimum absolute atomic E-state index is 0.136. The van der Waals surface area contributed by atoms with Crippen LogP contribution in [0.25, 0.3) is 10.8 Å². The molecule has 0 unspecified atom stereocenters. The highest BCUT2D eigenvalue weighted by molar-refractivity contribution is 7.99. The van der Waals surface area contributed by atoms with Gasteiger partial charge in [-0.1, -0.05) is 48.2 Å². The van der Waals surface area contributed by atoms with Gasteiger partial charge in [-0.3, -0.25) is 4.79 Å². The fraction of sp³-hybridized carbons (Fsp3) is 0.259. The maximum atomic E-state index is 12.5. The molecule has 0 aliphatic rings. The van der Waals surface area contributed by atoms with Crippen molar-refractivity contribution < 1.29 is 19.1 Å². The molecule has 1 heterocycles. The van der Waals surface area contributed by atoms with E-state index in [0.717, 1.165) is 16.7 Å². The summed E-state index contributed by atoms with van der Waals surface area (Å²) in [4.78, 5) is 24.6. The van der Waals surface area contributed by atoms with E-state index < -0.39 is 5.97 Å². The van der Waals surface area contributed by atoms with E-state index in [1.165, 1.54) is 17.1 Å². The largest absolute Gasteiger partial charge is 0.485 e. The van der Waals surface area contributed by atoms with Crippen molar-refractivity contribution in [2.45, 2.75) is 38.6 Å². The van der Waals surface area contributed by atoms with Gasteiger partial charge in [0.15, 0.2) is 11.0 Å². The van der Waals surface area contributed by atoms with Gasteiger partial charge in [0.05, 0.1) is 17.4 Å². The monoisotopic (exact) mass is 504 g/mol. The lowest BCUT2D eigenvalue weighted by atomic mass is 10.0. The number of hydrogen-bond donors (Lipinski definition) is 1. The van der Waals surface area contributed by atoms with Crippen molar-refractivity contribution in [2.75, 3.05) is 11.1 Å². The van der Waals surface area contributed by atoms with Crippen molar-refractivity contribution in [3.8, 4) is 5.75 Å².